The maximum absolute atomic E-state index is 12.8. The van der Waals surface area contributed by atoms with Crippen molar-refractivity contribution in [2.45, 2.75) is 219 Å². The molecule has 0 heterocycles. The van der Waals surface area contributed by atoms with Crippen LogP contribution in [0.4, 0.5) is 0 Å². The Balaban J connectivity index is 4.50. The van der Waals surface area contributed by atoms with Crippen LogP contribution in [0.5, 0.6) is 0 Å². The Morgan fingerprint density at radius 1 is 0.349 bits per heavy atom. The number of hydrogen-bond donors (Lipinski definition) is 0. The van der Waals surface area contributed by atoms with Crippen molar-refractivity contribution in [1.82, 2.24) is 0 Å². The number of esters is 3. The second-order valence-corrected chi connectivity index (χ2v) is 16.4. The highest BCUT2D eigenvalue weighted by molar-refractivity contribution is 5.71. The first-order valence-corrected chi connectivity index (χ1v) is 25.5. The van der Waals surface area contributed by atoms with Gasteiger partial charge in [-0.15, -0.1) is 0 Å². The zero-order valence-electron chi connectivity index (χ0n) is 40.5. The molecule has 1 unspecified atom stereocenters. The molecule has 1 atom stereocenters. The molecule has 6 heteroatoms. The normalized spacial score (nSPS) is 13.0. The van der Waals surface area contributed by atoms with Gasteiger partial charge in [-0.05, 0) is 96.3 Å². The average molecular weight is 873 g/mol. The molecule has 0 fully saturated rings. The van der Waals surface area contributed by atoms with Crippen molar-refractivity contribution in [1.29, 1.82) is 0 Å². The monoisotopic (exact) mass is 873 g/mol. The van der Waals surface area contributed by atoms with Crippen molar-refractivity contribution in [3.05, 3.63) is 109 Å². The summed E-state index contributed by atoms with van der Waals surface area (Å²) >= 11 is 0. The lowest BCUT2D eigenvalue weighted by molar-refractivity contribution is -0.167. The maximum atomic E-state index is 12.8. The quantitative estimate of drug-likeness (QED) is 0.0199. The molecule has 0 aliphatic rings. The van der Waals surface area contributed by atoms with Gasteiger partial charge in [-0.3, -0.25) is 14.4 Å². The molecule has 356 valence electrons. The van der Waals surface area contributed by atoms with Gasteiger partial charge in [0.05, 0.1) is 0 Å². The van der Waals surface area contributed by atoms with E-state index in [1.54, 1.807) is 0 Å². The molecule has 0 N–H and O–H groups in total. The van der Waals surface area contributed by atoms with Crippen LogP contribution in [-0.2, 0) is 28.6 Å². The standard InChI is InChI=1S/C57H92O6/c1-4-7-10-13-16-19-22-25-27-28-29-30-33-35-38-41-44-47-50-56(59)62-53-54(52-61-55(58)49-46-43-40-37-34-31-24-21-18-15-12-9-6-3)63-57(60)51-48-45-42-39-36-32-26-23-20-17-14-11-8-5-2/h8-9,11-12,15,17-18,20-21,24,26-32,34,54H,4-7,10,13-14,16,19,22-23,25,33,35-53H2,1-3H3/b11-8-,12-9-,18-15-,20-17-,24-21-,28-27-,30-29-,32-26-,34-31-. The molecule has 0 aliphatic carbocycles. The fraction of sp³-hybridized carbons (Fsp3) is 0.632. The Kier molecular flexibility index (Phi) is 47.5. The van der Waals surface area contributed by atoms with E-state index in [-0.39, 0.29) is 37.5 Å². The van der Waals surface area contributed by atoms with Gasteiger partial charge in [0.25, 0.3) is 0 Å². The highest BCUT2D eigenvalue weighted by Gasteiger charge is 2.19. The number of allylic oxidation sites excluding steroid dienone is 18. The Bertz CT molecular complexity index is 1330. The highest BCUT2D eigenvalue weighted by Crippen LogP contribution is 2.13. The van der Waals surface area contributed by atoms with Gasteiger partial charge in [0.2, 0.25) is 0 Å². The molecule has 0 radical (unpaired) electrons. The molecule has 0 aromatic heterocycles. The van der Waals surface area contributed by atoms with Gasteiger partial charge < -0.3 is 14.2 Å². The SMILES string of the molecule is CC\C=C/C=C\C=C/C=C\CCCCCC(=O)OCC(COC(=O)CCCCCCC/C=C\C=C/CCCCCCCCC)OC(=O)CCCCCC/C=C\C/C=C\C/C=C\CC. The van der Waals surface area contributed by atoms with Crippen LogP contribution >= 0.6 is 0 Å². The van der Waals surface area contributed by atoms with Crippen LogP contribution in [0.1, 0.15) is 213 Å². The van der Waals surface area contributed by atoms with Crippen LogP contribution in [-0.4, -0.2) is 37.2 Å². The van der Waals surface area contributed by atoms with Gasteiger partial charge in [0, 0.05) is 19.3 Å². The lowest BCUT2D eigenvalue weighted by atomic mass is 10.1. The fourth-order valence-electron chi connectivity index (χ4n) is 6.57. The Labute approximate surface area is 387 Å². The summed E-state index contributed by atoms with van der Waals surface area (Å²) in [5.74, 6) is -0.994. The van der Waals surface area contributed by atoms with Crippen molar-refractivity contribution in [3.8, 4) is 0 Å². The predicted molar refractivity (Wildman–Crippen MR) is 270 cm³/mol. The van der Waals surface area contributed by atoms with E-state index in [1.807, 2.05) is 36.5 Å². The summed E-state index contributed by atoms with van der Waals surface area (Å²) < 4.78 is 16.7. The molecule has 0 bridgehead atoms. The summed E-state index contributed by atoms with van der Waals surface area (Å²) in [6.07, 6.45) is 67.9. The van der Waals surface area contributed by atoms with Gasteiger partial charge in [0.1, 0.15) is 13.2 Å². The predicted octanol–water partition coefficient (Wildman–Crippen LogP) is 16.8. The Morgan fingerprint density at radius 3 is 1.19 bits per heavy atom. The van der Waals surface area contributed by atoms with Crippen LogP contribution < -0.4 is 0 Å². The van der Waals surface area contributed by atoms with Crippen LogP contribution in [0.3, 0.4) is 0 Å². The van der Waals surface area contributed by atoms with E-state index in [4.69, 9.17) is 14.2 Å². The maximum Gasteiger partial charge on any atom is 0.306 e. The van der Waals surface area contributed by atoms with Gasteiger partial charge in [-0.25, -0.2) is 0 Å². The molecule has 0 amide bonds. The third-order valence-electron chi connectivity index (χ3n) is 10.4. The summed E-state index contributed by atoms with van der Waals surface area (Å²) in [4.78, 5) is 37.9. The van der Waals surface area contributed by atoms with E-state index in [1.165, 1.54) is 51.4 Å². The topological polar surface area (TPSA) is 78.9 Å². The third kappa shape index (κ3) is 49.0. The van der Waals surface area contributed by atoms with E-state index in [0.29, 0.717) is 12.8 Å². The lowest BCUT2D eigenvalue weighted by Crippen LogP contribution is -2.30. The Morgan fingerprint density at radius 2 is 0.698 bits per heavy atom. The van der Waals surface area contributed by atoms with Gasteiger partial charge in [-0.2, -0.15) is 0 Å². The molecular weight excluding hydrogens is 781 g/mol. The summed E-state index contributed by atoms with van der Waals surface area (Å²) in [6, 6.07) is 0. The number of unbranched alkanes of at least 4 members (excludes halogenated alkanes) is 19. The Hall–Kier alpha value is -3.93. The molecule has 0 rings (SSSR count). The molecule has 0 aromatic rings. The smallest absolute Gasteiger partial charge is 0.306 e. The average Bonchev–Trinajstić information content (AvgIpc) is 3.28. The number of carbonyl (C=O) groups is 3. The minimum atomic E-state index is -0.814. The highest BCUT2D eigenvalue weighted by atomic mass is 16.6. The number of ether oxygens (including phenoxy) is 3. The molecule has 63 heavy (non-hydrogen) atoms. The van der Waals surface area contributed by atoms with Crippen LogP contribution in [0, 0.1) is 0 Å². The van der Waals surface area contributed by atoms with Gasteiger partial charge >= 0.3 is 17.9 Å². The van der Waals surface area contributed by atoms with E-state index in [2.05, 4.69) is 93.7 Å². The molecule has 0 spiro atoms. The summed E-state index contributed by atoms with van der Waals surface area (Å²) in [7, 11) is 0. The van der Waals surface area contributed by atoms with E-state index in [9.17, 15) is 14.4 Å². The van der Waals surface area contributed by atoms with Crippen LogP contribution in [0.15, 0.2) is 109 Å². The zero-order valence-corrected chi connectivity index (χ0v) is 40.5. The number of rotatable bonds is 44. The van der Waals surface area contributed by atoms with Crippen molar-refractivity contribution in [3.63, 3.8) is 0 Å². The fourth-order valence-corrected chi connectivity index (χ4v) is 6.57. The van der Waals surface area contributed by atoms with E-state index in [0.717, 1.165) is 122 Å². The minimum Gasteiger partial charge on any atom is -0.462 e. The third-order valence-corrected chi connectivity index (χ3v) is 10.4. The number of hydrogen-bond acceptors (Lipinski definition) is 6. The summed E-state index contributed by atoms with van der Waals surface area (Å²) in [5.41, 5.74) is 0. The molecule has 0 saturated heterocycles. The second-order valence-electron chi connectivity index (χ2n) is 16.4. The molecule has 0 saturated carbocycles. The van der Waals surface area contributed by atoms with Crippen molar-refractivity contribution < 1.29 is 28.6 Å². The summed E-state index contributed by atoms with van der Waals surface area (Å²) in [6.45, 7) is 6.29. The molecular formula is C57H92O6. The first kappa shape index (κ1) is 59.1. The van der Waals surface area contributed by atoms with Gasteiger partial charge in [-0.1, -0.05) is 207 Å². The summed E-state index contributed by atoms with van der Waals surface area (Å²) in [5, 5.41) is 0. The van der Waals surface area contributed by atoms with E-state index >= 15 is 0 Å². The molecule has 6 nitrogen and oxygen atoms in total. The van der Waals surface area contributed by atoms with Gasteiger partial charge in [0.15, 0.2) is 6.10 Å². The zero-order chi connectivity index (χ0) is 45.8. The largest absolute Gasteiger partial charge is 0.462 e. The lowest BCUT2D eigenvalue weighted by Gasteiger charge is -2.18. The van der Waals surface area contributed by atoms with Crippen molar-refractivity contribution >= 4 is 17.9 Å². The second kappa shape index (κ2) is 50.7. The first-order valence-electron chi connectivity index (χ1n) is 25.5. The van der Waals surface area contributed by atoms with Crippen LogP contribution in [0.25, 0.3) is 0 Å². The molecule has 0 aromatic carbocycles. The van der Waals surface area contributed by atoms with E-state index < -0.39 is 6.10 Å². The van der Waals surface area contributed by atoms with Crippen molar-refractivity contribution in [2.75, 3.05) is 13.2 Å². The van der Waals surface area contributed by atoms with Crippen molar-refractivity contribution in [2.24, 2.45) is 0 Å². The minimum absolute atomic E-state index is 0.110. The van der Waals surface area contributed by atoms with Crippen LogP contribution in [0.2, 0.25) is 0 Å². The first-order chi connectivity index (χ1) is 31.0. The molecule has 0 aliphatic heterocycles. The number of carbonyl (C=O) groups excluding carboxylic acids is 3.